The van der Waals surface area contributed by atoms with Gasteiger partial charge in [-0.15, -0.1) is 0 Å². The number of likely N-dealkylation sites (N-methyl/N-ethyl adjacent to an activating group) is 1. The summed E-state index contributed by atoms with van der Waals surface area (Å²) in [7, 11) is 2.25. The molecule has 1 aliphatic heterocycles. The maximum Gasteiger partial charge on any atom is 0.0518 e. The average Bonchev–Trinajstić information content (AvgIpc) is 2.93. The van der Waals surface area contributed by atoms with Crippen molar-refractivity contribution in [3.8, 4) is 0 Å². The summed E-state index contributed by atoms with van der Waals surface area (Å²) in [5.41, 5.74) is 8.64. The van der Waals surface area contributed by atoms with Gasteiger partial charge < -0.3 is 4.57 Å². The van der Waals surface area contributed by atoms with Crippen molar-refractivity contribution in [1.82, 2.24) is 9.47 Å². The second-order valence-corrected chi connectivity index (χ2v) is 8.28. The molecule has 0 bridgehead atoms. The number of hydrogen-bond acceptors (Lipinski definition) is 1. The summed E-state index contributed by atoms with van der Waals surface area (Å²) in [6.45, 7) is 8.91. The monoisotopic (exact) mass is 366 g/mol. The zero-order valence-corrected chi connectivity index (χ0v) is 16.9. The van der Waals surface area contributed by atoms with Gasteiger partial charge in [0.15, 0.2) is 0 Å². The van der Waals surface area contributed by atoms with E-state index in [9.17, 15) is 0 Å². The highest BCUT2D eigenvalue weighted by molar-refractivity contribution is 6.30. The van der Waals surface area contributed by atoms with Gasteiger partial charge in [-0.25, -0.2) is 0 Å². The third-order valence-electron chi connectivity index (χ3n) is 6.02. The molecular weight excluding hydrogens is 340 g/mol. The first-order valence-corrected chi connectivity index (χ1v) is 9.88. The van der Waals surface area contributed by atoms with Gasteiger partial charge in [-0.2, -0.15) is 0 Å². The second-order valence-electron chi connectivity index (χ2n) is 7.84. The van der Waals surface area contributed by atoms with Crippen LogP contribution in [-0.2, 0) is 25.9 Å². The fraction of sp³-hybridized carbons (Fsp3) is 0.391. The summed E-state index contributed by atoms with van der Waals surface area (Å²) in [4.78, 5) is 2.48. The van der Waals surface area contributed by atoms with Crippen LogP contribution in [0.1, 0.15) is 34.9 Å². The van der Waals surface area contributed by atoms with E-state index in [0.717, 1.165) is 31.0 Å². The Balaban J connectivity index is 1.81. The van der Waals surface area contributed by atoms with E-state index in [1.165, 1.54) is 38.9 Å². The largest absolute Gasteiger partial charge is 0.344 e. The van der Waals surface area contributed by atoms with Crippen molar-refractivity contribution in [1.29, 1.82) is 0 Å². The van der Waals surface area contributed by atoms with Crippen LogP contribution < -0.4 is 0 Å². The Morgan fingerprint density at radius 3 is 2.46 bits per heavy atom. The number of fused-ring (bicyclic) bond motifs is 3. The molecule has 4 rings (SSSR count). The summed E-state index contributed by atoms with van der Waals surface area (Å²) in [6, 6.07) is 13.4. The quantitative estimate of drug-likeness (QED) is 0.591. The molecule has 0 saturated heterocycles. The fourth-order valence-corrected chi connectivity index (χ4v) is 4.48. The van der Waals surface area contributed by atoms with Gasteiger partial charge in [0.2, 0.25) is 0 Å². The Labute approximate surface area is 161 Å². The molecule has 26 heavy (non-hydrogen) atoms. The Bertz CT molecular complexity index is 953. The van der Waals surface area contributed by atoms with Gasteiger partial charge in [-0.05, 0) is 68.6 Å². The molecule has 0 amide bonds. The number of rotatable bonds is 3. The van der Waals surface area contributed by atoms with Crippen LogP contribution in [0, 0.1) is 13.8 Å². The van der Waals surface area contributed by atoms with E-state index in [0.29, 0.717) is 6.04 Å². The van der Waals surface area contributed by atoms with Gasteiger partial charge in [0, 0.05) is 41.7 Å². The molecule has 2 aromatic carbocycles. The van der Waals surface area contributed by atoms with Crippen LogP contribution in [-0.4, -0.2) is 22.6 Å². The molecule has 2 nitrogen and oxygen atoms in total. The molecule has 0 saturated carbocycles. The molecule has 1 unspecified atom stereocenters. The van der Waals surface area contributed by atoms with Crippen LogP contribution in [0.4, 0.5) is 0 Å². The highest BCUT2D eigenvalue weighted by Crippen LogP contribution is 2.36. The maximum atomic E-state index is 6.04. The number of aromatic nitrogens is 1. The minimum atomic E-state index is 0.585. The summed E-state index contributed by atoms with van der Waals surface area (Å²) in [6.07, 6.45) is 2.16. The zero-order chi connectivity index (χ0) is 18.4. The molecule has 0 spiro atoms. The first-order chi connectivity index (χ1) is 12.5. The van der Waals surface area contributed by atoms with Gasteiger partial charge in [-0.1, -0.05) is 35.9 Å². The molecule has 0 radical (unpaired) electrons. The molecule has 0 aliphatic carbocycles. The van der Waals surface area contributed by atoms with Crippen molar-refractivity contribution < 1.29 is 0 Å². The highest BCUT2D eigenvalue weighted by atomic mass is 35.5. The summed E-state index contributed by atoms with van der Waals surface area (Å²) in [5.74, 6) is 0. The van der Waals surface area contributed by atoms with Crippen LogP contribution in [0.3, 0.4) is 0 Å². The van der Waals surface area contributed by atoms with Crippen LogP contribution in [0.15, 0.2) is 36.4 Å². The third-order valence-corrected chi connectivity index (χ3v) is 6.27. The Morgan fingerprint density at radius 1 is 1.04 bits per heavy atom. The number of aryl methyl sites for hydroxylation is 4. The van der Waals surface area contributed by atoms with E-state index >= 15 is 0 Å². The third kappa shape index (κ3) is 2.95. The van der Waals surface area contributed by atoms with Crippen molar-refractivity contribution >= 4 is 22.5 Å². The van der Waals surface area contributed by atoms with Gasteiger partial charge in [0.1, 0.15) is 0 Å². The smallest absolute Gasteiger partial charge is 0.0518 e. The lowest BCUT2D eigenvalue weighted by Gasteiger charge is -2.31. The van der Waals surface area contributed by atoms with Gasteiger partial charge >= 0.3 is 0 Å². The Kier molecular flexibility index (Phi) is 4.58. The minimum Gasteiger partial charge on any atom is -0.344 e. The van der Waals surface area contributed by atoms with Crippen LogP contribution >= 0.6 is 11.6 Å². The van der Waals surface area contributed by atoms with Crippen LogP contribution in [0.5, 0.6) is 0 Å². The minimum absolute atomic E-state index is 0.585. The lowest BCUT2D eigenvalue weighted by molar-refractivity contribution is 0.228. The van der Waals surface area contributed by atoms with E-state index in [4.69, 9.17) is 11.6 Å². The molecule has 3 aromatic rings. The molecular formula is C23H27ClN2. The number of nitrogens with zero attached hydrogens (tertiary/aromatic N) is 2. The predicted octanol–water partition coefficient (Wildman–Crippen LogP) is 5.53. The molecule has 0 N–H and O–H groups in total. The topological polar surface area (TPSA) is 8.17 Å². The molecule has 1 aromatic heterocycles. The lowest BCUT2D eigenvalue weighted by Crippen LogP contribution is -2.35. The summed E-state index contributed by atoms with van der Waals surface area (Å²) < 4.78 is 2.60. The van der Waals surface area contributed by atoms with E-state index in [1.54, 1.807) is 0 Å². The van der Waals surface area contributed by atoms with Crippen molar-refractivity contribution in [3.63, 3.8) is 0 Å². The van der Waals surface area contributed by atoms with E-state index < -0.39 is 0 Å². The van der Waals surface area contributed by atoms with E-state index in [-0.39, 0.29) is 0 Å². The van der Waals surface area contributed by atoms with Gasteiger partial charge in [0.05, 0.1) is 5.52 Å². The summed E-state index contributed by atoms with van der Waals surface area (Å²) >= 11 is 6.04. The van der Waals surface area contributed by atoms with Crippen molar-refractivity contribution in [2.24, 2.45) is 0 Å². The maximum absolute atomic E-state index is 6.04. The summed E-state index contributed by atoms with van der Waals surface area (Å²) in [5, 5.41) is 2.29. The molecule has 2 heterocycles. The van der Waals surface area contributed by atoms with E-state index in [1.807, 2.05) is 12.1 Å². The predicted molar refractivity (Wildman–Crippen MR) is 111 cm³/mol. The SMILES string of the molecule is Cc1ccc(C)c2c1c1c(n2CCc2ccc(Cl)cc2)CC(C)N(C)C1. The van der Waals surface area contributed by atoms with Gasteiger partial charge in [-0.3, -0.25) is 4.90 Å². The van der Waals surface area contributed by atoms with Crippen molar-refractivity contribution in [2.45, 2.75) is 52.7 Å². The molecule has 0 fully saturated rings. The fourth-order valence-electron chi connectivity index (χ4n) is 4.35. The number of benzene rings is 2. The van der Waals surface area contributed by atoms with Gasteiger partial charge in [0.25, 0.3) is 0 Å². The van der Waals surface area contributed by atoms with Crippen molar-refractivity contribution in [2.75, 3.05) is 7.05 Å². The second kappa shape index (κ2) is 6.75. The molecule has 1 aliphatic rings. The Hall–Kier alpha value is -1.77. The van der Waals surface area contributed by atoms with Crippen LogP contribution in [0.2, 0.25) is 5.02 Å². The highest BCUT2D eigenvalue weighted by Gasteiger charge is 2.27. The van der Waals surface area contributed by atoms with Crippen molar-refractivity contribution in [3.05, 3.63) is 69.4 Å². The zero-order valence-electron chi connectivity index (χ0n) is 16.1. The normalized spacial score (nSPS) is 17.7. The van der Waals surface area contributed by atoms with E-state index in [2.05, 4.69) is 61.6 Å². The van der Waals surface area contributed by atoms with Crippen LogP contribution in [0.25, 0.3) is 10.9 Å². The standard InChI is InChI=1S/C23H27ClN2/c1-15-5-6-16(2)23-22(15)20-14-25(4)17(3)13-21(20)26(23)12-11-18-7-9-19(24)10-8-18/h5-10,17H,11-14H2,1-4H3. The molecule has 3 heteroatoms. The molecule has 1 atom stereocenters. The number of halogens is 1. The lowest BCUT2D eigenvalue weighted by atomic mass is 9.97. The first kappa shape index (κ1) is 17.6. The molecule has 136 valence electrons. The Morgan fingerprint density at radius 2 is 1.73 bits per heavy atom. The number of hydrogen-bond donors (Lipinski definition) is 0. The first-order valence-electron chi connectivity index (χ1n) is 9.50. The average molecular weight is 367 g/mol.